The van der Waals surface area contributed by atoms with E-state index in [9.17, 15) is 4.79 Å². The number of carbonyl (C=O) groups excluding carboxylic acids is 1. The number of amides is 1. The summed E-state index contributed by atoms with van der Waals surface area (Å²) in [5.41, 5.74) is 1.58. The molecule has 1 atom stereocenters. The van der Waals surface area contributed by atoms with Crippen LogP contribution in [0.2, 0.25) is 0 Å². The maximum atomic E-state index is 13.4. The SMILES string of the molecule is CN1CCCN(C(=O)[C@H]2COc3ccccc3O2)c2nc3ccccc3nc21. The molecule has 0 radical (unpaired) electrons. The Bertz CT molecular complexity index is 1050. The molecule has 28 heavy (non-hydrogen) atoms. The van der Waals surface area contributed by atoms with E-state index in [2.05, 4.69) is 4.90 Å². The maximum absolute atomic E-state index is 13.4. The molecule has 0 saturated carbocycles. The summed E-state index contributed by atoms with van der Waals surface area (Å²) in [5, 5.41) is 0. The van der Waals surface area contributed by atoms with Gasteiger partial charge in [0, 0.05) is 20.1 Å². The molecule has 7 nitrogen and oxygen atoms in total. The molecule has 1 amide bonds. The Balaban J connectivity index is 1.52. The van der Waals surface area contributed by atoms with Gasteiger partial charge in [-0.2, -0.15) is 0 Å². The fourth-order valence-corrected chi connectivity index (χ4v) is 3.63. The van der Waals surface area contributed by atoms with Crippen molar-refractivity contribution in [1.29, 1.82) is 0 Å². The highest BCUT2D eigenvalue weighted by Gasteiger charge is 2.35. The zero-order chi connectivity index (χ0) is 19.1. The third-order valence-electron chi connectivity index (χ3n) is 5.08. The number of fused-ring (bicyclic) bond motifs is 3. The van der Waals surface area contributed by atoms with Gasteiger partial charge in [0.1, 0.15) is 6.61 Å². The van der Waals surface area contributed by atoms with Gasteiger partial charge in [-0.25, -0.2) is 9.97 Å². The first-order valence-corrected chi connectivity index (χ1v) is 9.38. The first kappa shape index (κ1) is 16.8. The maximum Gasteiger partial charge on any atom is 0.272 e. The Labute approximate surface area is 162 Å². The Kier molecular flexibility index (Phi) is 4.00. The molecule has 0 saturated heterocycles. The van der Waals surface area contributed by atoms with Gasteiger partial charge in [-0.15, -0.1) is 0 Å². The van der Waals surface area contributed by atoms with E-state index in [4.69, 9.17) is 19.4 Å². The minimum Gasteiger partial charge on any atom is -0.485 e. The van der Waals surface area contributed by atoms with Crippen molar-refractivity contribution >= 4 is 28.6 Å². The summed E-state index contributed by atoms with van der Waals surface area (Å²) < 4.78 is 11.7. The topological polar surface area (TPSA) is 67.8 Å². The molecule has 0 unspecified atom stereocenters. The lowest BCUT2D eigenvalue weighted by Gasteiger charge is -2.30. The van der Waals surface area contributed by atoms with E-state index in [-0.39, 0.29) is 12.5 Å². The van der Waals surface area contributed by atoms with Crippen molar-refractivity contribution in [2.24, 2.45) is 0 Å². The van der Waals surface area contributed by atoms with Crippen LogP contribution in [0.5, 0.6) is 11.5 Å². The van der Waals surface area contributed by atoms with E-state index in [1.807, 2.05) is 55.6 Å². The normalized spacial score (nSPS) is 18.5. The lowest BCUT2D eigenvalue weighted by Crippen LogP contribution is -2.47. The van der Waals surface area contributed by atoms with Gasteiger partial charge < -0.3 is 14.4 Å². The highest BCUT2D eigenvalue weighted by molar-refractivity contribution is 5.99. The van der Waals surface area contributed by atoms with Crippen LogP contribution in [0.25, 0.3) is 11.0 Å². The number of aromatic nitrogens is 2. The Hall–Kier alpha value is -3.35. The van der Waals surface area contributed by atoms with Crippen LogP contribution in [-0.4, -0.2) is 48.7 Å². The molecule has 2 aromatic carbocycles. The van der Waals surface area contributed by atoms with E-state index >= 15 is 0 Å². The van der Waals surface area contributed by atoms with E-state index in [1.165, 1.54) is 0 Å². The van der Waals surface area contributed by atoms with Crippen molar-refractivity contribution in [2.75, 3.05) is 36.5 Å². The number of benzene rings is 2. The van der Waals surface area contributed by atoms with Gasteiger partial charge in [-0.05, 0) is 30.7 Å². The van der Waals surface area contributed by atoms with Gasteiger partial charge in [0.15, 0.2) is 23.1 Å². The lowest BCUT2D eigenvalue weighted by molar-refractivity contribution is -0.127. The highest BCUT2D eigenvalue weighted by Crippen LogP contribution is 2.34. The minimum absolute atomic E-state index is 0.157. The largest absolute Gasteiger partial charge is 0.485 e. The van der Waals surface area contributed by atoms with Gasteiger partial charge in [0.25, 0.3) is 5.91 Å². The van der Waals surface area contributed by atoms with Crippen LogP contribution in [0.4, 0.5) is 11.6 Å². The van der Waals surface area contributed by atoms with Gasteiger partial charge >= 0.3 is 0 Å². The number of ether oxygens (including phenoxy) is 2. The Morgan fingerprint density at radius 2 is 1.64 bits per heavy atom. The number of para-hydroxylation sites is 4. The average Bonchev–Trinajstić information content (AvgIpc) is 2.90. The van der Waals surface area contributed by atoms with Crippen molar-refractivity contribution in [3.05, 3.63) is 48.5 Å². The van der Waals surface area contributed by atoms with E-state index in [0.29, 0.717) is 29.7 Å². The third kappa shape index (κ3) is 2.79. The molecule has 1 aromatic heterocycles. The summed E-state index contributed by atoms with van der Waals surface area (Å²) in [6.45, 7) is 1.54. The highest BCUT2D eigenvalue weighted by atomic mass is 16.6. The van der Waals surface area contributed by atoms with Crippen LogP contribution in [-0.2, 0) is 4.79 Å². The summed E-state index contributed by atoms with van der Waals surface area (Å²) >= 11 is 0. The first-order chi connectivity index (χ1) is 13.7. The van der Waals surface area contributed by atoms with Gasteiger partial charge in [-0.3, -0.25) is 9.69 Å². The minimum atomic E-state index is -0.709. The lowest BCUT2D eigenvalue weighted by atomic mass is 10.2. The first-order valence-electron chi connectivity index (χ1n) is 9.38. The summed E-state index contributed by atoms with van der Waals surface area (Å²) in [7, 11) is 1.98. The Morgan fingerprint density at radius 3 is 2.43 bits per heavy atom. The standard InChI is InChI=1S/C21H20N4O3/c1-24-11-6-12-25(20-19(24)22-14-7-2-3-8-15(14)23-20)21(26)18-13-27-16-9-4-5-10-17(16)28-18/h2-5,7-10,18H,6,11-13H2,1H3/t18-/m1/s1. The third-order valence-corrected chi connectivity index (χ3v) is 5.08. The fraction of sp³-hybridized carbons (Fsp3) is 0.286. The average molecular weight is 376 g/mol. The van der Waals surface area contributed by atoms with Gasteiger partial charge in [0.05, 0.1) is 11.0 Å². The van der Waals surface area contributed by atoms with E-state index < -0.39 is 6.10 Å². The van der Waals surface area contributed by atoms with Crippen LogP contribution < -0.4 is 19.3 Å². The molecule has 3 aromatic rings. The van der Waals surface area contributed by atoms with Crippen molar-refractivity contribution in [3.8, 4) is 11.5 Å². The van der Waals surface area contributed by atoms with Crippen LogP contribution >= 0.6 is 0 Å². The van der Waals surface area contributed by atoms with E-state index in [1.54, 1.807) is 4.90 Å². The second kappa shape index (κ2) is 6.67. The molecule has 0 aliphatic carbocycles. The number of rotatable bonds is 1. The molecule has 2 aliphatic heterocycles. The summed E-state index contributed by atoms with van der Waals surface area (Å²) in [6.07, 6.45) is 0.111. The molecular weight excluding hydrogens is 356 g/mol. The van der Waals surface area contributed by atoms with Crippen LogP contribution in [0, 0.1) is 0 Å². The molecule has 3 heterocycles. The predicted molar refractivity (Wildman–Crippen MR) is 106 cm³/mol. The molecular formula is C21H20N4O3. The zero-order valence-electron chi connectivity index (χ0n) is 15.5. The molecule has 0 bridgehead atoms. The van der Waals surface area contributed by atoms with Crippen LogP contribution in [0.15, 0.2) is 48.5 Å². The molecule has 0 fully saturated rings. The van der Waals surface area contributed by atoms with Crippen molar-refractivity contribution < 1.29 is 14.3 Å². The van der Waals surface area contributed by atoms with Crippen molar-refractivity contribution in [2.45, 2.75) is 12.5 Å². The Morgan fingerprint density at radius 1 is 0.964 bits per heavy atom. The van der Waals surface area contributed by atoms with Crippen molar-refractivity contribution in [1.82, 2.24) is 9.97 Å². The summed E-state index contributed by atoms with van der Waals surface area (Å²) in [6, 6.07) is 15.1. The number of carbonyl (C=O) groups is 1. The smallest absolute Gasteiger partial charge is 0.272 e. The molecule has 2 aliphatic rings. The van der Waals surface area contributed by atoms with Gasteiger partial charge in [0.2, 0.25) is 6.10 Å². The van der Waals surface area contributed by atoms with Crippen molar-refractivity contribution in [3.63, 3.8) is 0 Å². The quantitative estimate of drug-likeness (QED) is 0.650. The number of nitrogens with zero attached hydrogens (tertiary/aromatic N) is 4. The number of hydrogen-bond donors (Lipinski definition) is 0. The van der Waals surface area contributed by atoms with E-state index in [0.717, 1.165) is 24.0 Å². The monoisotopic (exact) mass is 376 g/mol. The van der Waals surface area contributed by atoms with Crippen LogP contribution in [0.1, 0.15) is 6.42 Å². The zero-order valence-corrected chi connectivity index (χ0v) is 15.5. The fourth-order valence-electron chi connectivity index (χ4n) is 3.63. The molecule has 7 heteroatoms. The molecule has 5 rings (SSSR count). The molecule has 0 N–H and O–H groups in total. The van der Waals surface area contributed by atoms with Gasteiger partial charge in [-0.1, -0.05) is 24.3 Å². The summed E-state index contributed by atoms with van der Waals surface area (Å²) in [5.74, 6) is 2.38. The summed E-state index contributed by atoms with van der Waals surface area (Å²) in [4.78, 5) is 26.6. The predicted octanol–water partition coefficient (Wildman–Crippen LogP) is 2.64. The van der Waals surface area contributed by atoms with Crippen LogP contribution in [0.3, 0.4) is 0 Å². The molecule has 0 spiro atoms. The number of anilines is 2. The second-order valence-corrected chi connectivity index (χ2v) is 6.99. The second-order valence-electron chi connectivity index (χ2n) is 6.99. The molecule has 142 valence electrons. The number of hydrogen-bond acceptors (Lipinski definition) is 6.